The average Bonchev–Trinajstić information content (AvgIpc) is 2.26. The van der Waals surface area contributed by atoms with Gasteiger partial charge >= 0.3 is 0 Å². The Hall–Kier alpha value is -0.590. The Bertz CT molecular complexity index is 212. The molecule has 0 aromatic rings. The maximum absolute atomic E-state index is 9.28. The van der Waals surface area contributed by atoms with Crippen LogP contribution in [-0.2, 0) is 4.74 Å². The standard InChI is InChI=1S/C11H20N2O/c1-3-8-13-11(9-12)7-5-4-6-10(11)14-2/h10,13H,3-8H2,1-2H3. The molecule has 1 aliphatic carbocycles. The Labute approximate surface area is 86.4 Å². The summed E-state index contributed by atoms with van der Waals surface area (Å²) in [4.78, 5) is 0. The summed E-state index contributed by atoms with van der Waals surface area (Å²) < 4.78 is 5.41. The molecule has 80 valence electrons. The van der Waals surface area contributed by atoms with E-state index in [1.807, 2.05) is 0 Å². The largest absolute Gasteiger partial charge is 0.378 e. The summed E-state index contributed by atoms with van der Waals surface area (Å²) >= 11 is 0. The molecule has 14 heavy (non-hydrogen) atoms. The lowest BCUT2D eigenvalue weighted by molar-refractivity contribution is 0.0131. The Morgan fingerprint density at radius 3 is 2.93 bits per heavy atom. The third kappa shape index (κ3) is 2.26. The monoisotopic (exact) mass is 196 g/mol. The first-order chi connectivity index (χ1) is 6.79. The van der Waals surface area contributed by atoms with Gasteiger partial charge in [0.2, 0.25) is 0 Å². The summed E-state index contributed by atoms with van der Waals surface area (Å²) in [6, 6.07) is 2.42. The van der Waals surface area contributed by atoms with Gasteiger partial charge < -0.3 is 4.74 Å². The van der Waals surface area contributed by atoms with Crippen LogP contribution in [0.3, 0.4) is 0 Å². The fourth-order valence-corrected chi connectivity index (χ4v) is 2.18. The number of nitrogens with zero attached hydrogens (tertiary/aromatic N) is 1. The molecule has 0 aliphatic heterocycles. The first-order valence-electron chi connectivity index (χ1n) is 5.48. The normalized spacial score (nSPS) is 32.5. The van der Waals surface area contributed by atoms with Crippen molar-refractivity contribution in [2.45, 2.75) is 50.7 Å². The molecule has 3 heteroatoms. The summed E-state index contributed by atoms with van der Waals surface area (Å²) in [5.41, 5.74) is -0.428. The Morgan fingerprint density at radius 2 is 2.36 bits per heavy atom. The number of hydrogen-bond donors (Lipinski definition) is 1. The molecule has 0 spiro atoms. The van der Waals surface area contributed by atoms with Crippen LogP contribution in [0.25, 0.3) is 0 Å². The highest BCUT2D eigenvalue weighted by molar-refractivity contribution is 5.13. The topological polar surface area (TPSA) is 45.0 Å². The van der Waals surface area contributed by atoms with Gasteiger partial charge in [-0.1, -0.05) is 19.8 Å². The number of rotatable bonds is 4. The van der Waals surface area contributed by atoms with Crippen molar-refractivity contribution in [2.75, 3.05) is 13.7 Å². The second-order valence-corrected chi connectivity index (χ2v) is 3.98. The van der Waals surface area contributed by atoms with Gasteiger partial charge in [-0.2, -0.15) is 5.26 Å². The summed E-state index contributed by atoms with van der Waals surface area (Å²) in [6.45, 7) is 3.01. The Kier molecular flexibility index (Phi) is 4.37. The molecule has 0 saturated heterocycles. The van der Waals surface area contributed by atoms with Crippen molar-refractivity contribution in [1.29, 1.82) is 5.26 Å². The molecule has 1 saturated carbocycles. The zero-order chi connectivity index (χ0) is 10.4. The van der Waals surface area contributed by atoms with Gasteiger partial charge in [-0.25, -0.2) is 0 Å². The zero-order valence-corrected chi connectivity index (χ0v) is 9.18. The van der Waals surface area contributed by atoms with Crippen molar-refractivity contribution in [3.05, 3.63) is 0 Å². The molecule has 1 fully saturated rings. The van der Waals surface area contributed by atoms with E-state index in [0.717, 1.165) is 32.2 Å². The third-order valence-corrected chi connectivity index (χ3v) is 3.01. The van der Waals surface area contributed by atoms with E-state index in [4.69, 9.17) is 4.74 Å². The molecule has 0 bridgehead atoms. The minimum absolute atomic E-state index is 0.0628. The number of nitrogens with one attached hydrogen (secondary N) is 1. The second kappa shape index (κ2) is 5.33. The summed E-state index contributed by atoms with van der Waals surface area (Å²) in [7, 11) is 1.70. The maximum Gasteiger partial charge on any atom is 0.133 e. The molecule has 2 unspecified atom stereocenters. The van der Waals surface area contributed by atoms with E-state index >= 15 is 0 Å². The van der Waals surface area contributed by atoms with Gasteiger partial charge in [-0.3, -0.25) is 5.32 Å². The van der Waals surface area contributed by atoms with Crippen LogP contribution in [0.5, 0.6) is 0 Å². The average molecular weight is 196 g/mol. The molecular formula is C11H20N2O. The van der Waals surface area contributed by atoms with Crippen LogP contribution in [-0.4, -0.2) is 25.3 Å². The van der Waals surface area contributed by atoms with Gasteiger partial charge in [0.25, 0.3) is 0 Å². The highest BCUT2D eigenvalue weighted by Crippen LogP contribution is 2.30. The molecular weight excluding hydrogens is 176 g/mol. The predicted octanol–water partition coefficient (Wildman–Crippen LogP) is 1.84. The van der Waals surface area contributed by atoms with E-state index in [0.29, 0.717) is 0 Å². The molecule has 0 aromatic heterocycles. The number of nitriles is 1. The van der Waals surface area contributed by atoms with Crippen LogP contribution in [0, 0.1) is 11.3 Å². The van der Waals surface area contributed by atoms with E-state index in [1.165, 1.54) is 6.42 Å². The maximum atomic E-state index is 9.28. The van der Waals surface area contributed by atoms with Crippen LogP contribution < -0.4 is 5.32 Å². The van der Waals surface area contributed by atoms with Crippen molar-refractivity contribution < 1.29 is 4.74 Å². The molecule has 2 atom stereocenters. The molecule has 1 N–H and O–H groups in total. The predicted molar refractivity (Wildman–Crippen MR) is 55.9 cm³/mol. The van der Waals surface area contributed by atoms with E-state index < -0.39 is 5.54 Å². The first kappa shape index (κ1) is 11.5. The molecule has 0 amide bonds. The van der Waals surface area contributed by atoms with Crippen LogP contribution in [0.1, 0.15) is 39.0 Å². The molecule has 0 radical (unpaired) electrons. The zero-order valence-electron chi connectivity index (χ0n) is 9.18. The van der Waals surface area contributed by atoms with Gasteiger partial charge in [-0.15, -0.1) is 0 Å². The lowest BCUT2D eigenvalue weighted by Crippen LogP contribution is -2.56. The molecule has 0 heterocycles. The Balaban J connectivity index is 2.67. The van der Waals surface area contributed by atoms with Crippen LogP contribution >= 0.6 is 0 Å². The van der Waals surface area contributed by atoms with Crippen LogP contribution in [0.2, 0.25) is 0 Å². The first-order valence-corrected chi connectivity index (χ1v) is 5.48. The SMILES string of the molecule is CCCNC1(C#N)CCCCC1OC. The fraction of sp³-hybridized carbons (Fsp3) is 0.909. The minimum Gasteiger partial charge on any atom is -0.378 e. The number of ether oxygens (including phenoxy) is 1. The van der Waals surface area contributed by atoms with Crippen molar-refractivity contribution in [3.63, 3.8) is 0 Å². The van der Waals surface area contributed by atoms with Gasteiger partial charge in [0.1, 0.15) is 5.54 Å². The number of hydrogen-bond acceptors (Lipinski definition) is 3. The molecule has 1 aliphatic rings. The van der Waals surface area contributed by atoms with Gasteiger partial charge in [0.05, 0.1) is 12.2 Å². The Morgan fingerprint density at radius 1 is 1.57 bits per heavy atom. The lowest BCUT2D eigenvalue weighted by atomic mass is 9.80. The minimum atomic E-state index is -0.428. The van der Waals surface area contributed by atoms with Crippen LogP contribution in [0.4, 0.5) is 0 Å². The van der Waals surface area contributed by atoms with Crippen molar-refractivity contribution in [3.8, 4) is 6.07 Å². The third-order valence-electron chi connectivity index (χ3n) is 3.01. The van der Waals surface area contributed by atoms with Crippen molar-refractivity contribution >= 4 is 0 Å². The highest BCUT2D eigenvalue weighted by atomic mass is 16.5. The van der Waals surface area contributed by atoms with Gasteiger partial charge in [0, 0.05) is 7.11 Å². The van der Waals surface area contributed by atoms with E-state index in [9.17, 15) is 5.26 Å². The van der Waals surface area contributed by atoms with Gasteiger partial charge in [0.15, 0.2) is 0 Å². The molecule has 0 aromatic carbocycles. The summed E-state index contributed by atoms with van der Waals surface area (Å²) in [6.07, 6.45) is 5.34. The summed E-state index contributed by atoms with van der Waals surface area (Å²) in [5, 5.41) is 12.6. The van der Waals surface area contributed by atoms with Crippen LogP contribution in [0.15, 0.2) is 0 Å². The van der Waals surface area contributed by atoms with E-state index in [2.05, 4.69) is 18.3 Å². The van der Waals surface area contributed by atoms with Crippen molar-refractivity contribution in [1.82, 2.24) is 5.32 Å². The number of methoxy groups -OCH3 is 1. The second-order valence-electron chi connectivity index (χ2n) is 3.98. The fourth-order valence-electron chi connectivity index (χ4n) is 2.18. The molecule has 1 rings (SSSR count). The molecule has 3 nitrogen and oxygen atoms in total. The quantitative estimate of drug-likeness (QED) is 0.746. The highest BCUT2D eigenvalue weighted by Gasteiger charge is 2.40. The smallest absolute Gasteiger partial charge is 0.133 e. The van der Waals surface area contributed by atoms with Crippen molar-refractivity contribution in [2.24, 2.45) is 0 Å². The van der Waals surface area contributed by atoms with Gasteiger partial charge in [-0.05, 0) is 25.8 Å². The lowest BCUT2D eigenvalue weighted by Gasteiger charge is -2.38. The van der Waals surface area contributed by atoms with E-state index in [-0.39, 0.29) is 6.10 Å². The summed E-state index contributed by atoms with van der Waals surface area (Å²) in [5.74, 6) is 0. The van der Waals surface area contributed by atoms with E-state index in [1.54, 1.807) is 7.11 Å².